The van der Waals surface area contributed by atoms with Gasteiger partial charge in [-0.25, -0.2) is 0 Å². The summed E-state index contributed by atoms with van der Waals surface area (Å²) in [6.07, 6.45) is 0. The number of rotatable bonds is 2. The number of nitrogens with one attached hydrogen (secondary N) is 1. The van der Waals surface area contributed by atoms with E-state index in [1.807, 2.05) is 25.1 Å². The molecule has 1 rings (SSSR count). The number of nitrogens with zero attached hydrogens (tertiary/aromatic N) is 1. The summed E-state index contributed by atoms with van der Waals surface area (Å²) in [4.78, 5) is 11.5. The second-order valence-corrected chi connectivity index (χ2v) is 3.19. The van der Waals surface area contributed by atoms with Crippen molar-refractivity contribution in [2.75, 3.05) is 0 Å². The van der Waals surface area contributed by atoms with E-state index < -0.39 is 6.04 Å². The molecule has 0 aliphatic carbocycles. The van der Waals surface area contributed by atoms with Crippen LogP contribution in [0.15, 0.2) is 24.3 Å². The Kier molecular flexibility index (Phi) is 3.24. The van der Waals surface area contributed by atoms with Crippen LogP contribution in [0.1, 0.15) is 22.8 Å². The van der Waals surface area contributed by atoms with Gasteiger partial charge in [-0.05, 0) is 26.0 Å². The predicted octanol–water partition coefficient (Wildman–Crippen LogP) is 1.64. The van der Waals surface area contributed by atoms with Crippen LogP contribution in [0.3, 0.4) is 0 Å². The first-order chi connectivity index (χ1) is 6.63. The average Bonchev–Trinajstić information content (AvgIpc) is 2.17. The highest BCUT2D eigenvalue weighted by atomic mass is 16.1. The van der Waals surface area contributed by atoms with Gasteiger partial charge < -0.3 is 5.32 Å². The maximum atomic E-state index is 11.5. The zero-order valence-electron chi connectivity index (χ0n) is 8.24. The maximum absolute atomic E-state index is 11.5. The van der Waals surface area contributed by atoms with Crippen LogP contribution in [0.5, 0.6) is 0 Å². The van der Waals surface area contributed by atoms with Crippen molar-refractivity contribution in [1.82, 2.24) is 5.32 Å². The van der Waals surface area contributed by atoms with Crippen molar-refractivity contribution >= 4 is 5.91 Å². The molecular weight excluding hydrogens is 176 g/mol. The third-order valence-corrected chi connectivity index (χ3v) is 1.82. The molecule has 1 unspecified atom stereocenters. The van der Waals surface area contributed by atoms with Crippen LogP contribution in [-0.2, 0) is 0 Å². The van der Waals surface area contributed by atoms with Crippen LogP contribution in [-0.4, -0.2) is 11.9 Å². The molecule has 0 aliphatic heterocycles. The molecule has 0 saturated heterocycles. The molecule has 14 heavy (non-hydrogen) atoms. The Bertz CT molecular complexity index is 379. The van der Waals surface area contributed by atoms with Gasteiger partial charge in [-0.2, -0.15) is 5.26 Å². The van der Waals surface area contributed by atoms with E-state index in [2.05, 4.69) is 5.32 Å². The standard InChI is InChI=1S/C11H12N2O/c1-8-4-3-5-10(6-8)11(14)13-9(2)7-12/h3-6,9H,1-2H3,(H,13,14). The zero-order valence-corrected chi connectivity index (χ0v) is 8.24. The van der Waals surface area contributed by atoms with Crippen LogP contribution in [0.2, 0.25) is 0 Å². The van der Waals surface area contributed by atoms with Gasteiger partial charge >= 0.3 is 0 Å². The van der Waals surface area contributed by atoms with Gasteiger partial charge in [0.25, 0.3) is 5.91 Å². The number of hydrogen-bond donors (Lipinski definition) is 1. The maximum Gasteiger partial charge on any atom is 0.252 e. The van der Waals surface area contributed by atoms with Crippen molar-refractivity contribution in [2.24, 2.45) is 0 Å². The average molecular weight is 188 g/mol. The number of carbonyl (C=O) groups is 1. The number of carbonyl (C=O) groups excluding carboxylic acids is 1. The molecule has 1 aromatic carbocycles. The minimum Gasteiger partial charge on any atom is -0.337 e. The minimum absolute atomic E-state index is 0.206. The van der Waals surface area contributed by atoms with Gasteiger partial charge in [0, 0.05) is 5.56 Å². The Morgan fingerprint density at radius 3 is 2.86 bits per heavy atom. The number of nitriles is 1. The fourth-order valence-electron chi connectivity index (χ4n) is 1.10. The van der Waals surface area contributed by atoms with E-state index >= 15 is 0 Å². The first kappa shape index (κ1) is 10.3. The summed E-state index contributed by atoms with van der Waals surface area (Å²) in [6, 6.07) is 8.75. The Morgan fingerprint density at radius 2 is 2.29 bits per heavy atom. The summed E-state index contributed by atoms with van der Waals surface area (Å²) in [5.41, 5.74) is 1.62. The summed E-state index contributed by atoms with van der Waals surface area (Å²) in [5.74, 6) is -0.206. The molecule has 0 fully saturated rings. The zero-order chi connectivity index (χ0) is 10.6. The van der Waals surface area contributed by atoms with E-state index in [9.17, 15) is 4.79 Å². The normalized spacial score (nSPS) is 11.5. The second-order valence-electron chi connectivity index (χ2n) is 3.19. The van der Waals surface area contributed by atoms with Gasteiger partial charge in [-0.15, -0.1) is 0 Å². The molecule has 0 radical (unpaired) electrons. The lowest BCUT2D eigenvalue weighted by Crippen LogP contribution is -2.31. The summed E-state index contributed by atoms with van der Waals surface area (Å²) in [7, 11) is 0. The third kappa shape index (κ3) is 2.60. The van der Waals surface area contributed by atoms with Crippen molar-refractivity contribution in [3.8, 4) is 6.07 Å². The van der Waals surface area contributed by atoms with Crippen molar-refractivity contribution in [3.05, 3.63) is 35.4 Å². The van der Waals surface area contributed by atoms with Crippen LogP contribution in [0.4, 0.5) is 0 Å². The molecule has 3 heteroatoms. The number of benzene rings is 1. The van der Waals surface area contributed by atoms with E-state index in [1.165, 1.54) is 0 Å². The molecule has 3 nitrogen and oxygen atoms in total. The Hall–Kier alpha value is -1.82. The molecule has 0 saturated carbocycles. The SMILES string of the molecule is Cc1cccc(C(=O)NC(C)C#N)c1. The van der Waals surface area contributed by atoms with Gasteiger partial charge in [0.15, 0.2) is 0 Å². The highest BCUT2D eigenvalue weighted by Gasteiger charge is 2.07. The molecule has 1 N–H and O–H groups in total. The Labute approximate surface area is 83.4 Å². The highest BCUT2D eigenvalue weighted by molar-refractivity contribution is 5.94. The highest BCUT2D eigenvalue weighted by Crippen LogP contribution is 2.03. The van der Waals surface area contributed by atoms with Crippen LogP contribution >= 0.6 is 0 Å². The summed E-state index contributed by atoms with van der Waals surface area (Å²) >= 11 is 0. The summed E-state index contributed by atoms with van der Waals surface area (Å²) in [5, 5.41) is 11.1. The van der Waals surface area contributed by atoms with Crippen LogP contribution < -0.4 is 5.32 Å². The van der Waals surface area contributed by atoms with Gasteiger partial charge in [-0.1, -0.05) is 17.7 Å². The van der Waals surface area contributed by atoms with E-state index in [0.29, 0.717) is 5.56 Å². The lowest BCUT2D eigenvalue weighted by Gasteiger charge is -2.06. The number of aryl methyl sites for hydroxylation is 1. The summed E-state index contributed by atoms with van der Waals surface area (Å²) in [6.45, 7) is 3.57. The molecule has 72 valence electrons. The topological polar surface area (TPSA) is 52.9 Å². The van der Waals surface area contributed by atoms with Crippen LogP contribution in [0, 0.1) is 18.3 Å². The predicted molar refractivity (Wildman–Crippen MR) is 53.7 cm³/mol. The van der Waals surface area contributed by atoms with Gasteiger partial charge in [0.05, 0.1) is 6.07 Å². The monoisotopic (exact) mass is 188 g/mol. The molecule has 1 aromatic rings. The minimum atomic E-state index is -0.456. The first-order valence-electron chi connectivity index (χ1n) is 4.40. The molecule has 0 bridgehead atoms. The third-order valence-electron chi connectivity index (χ3n) is 1.82. The van der Waals surface area contributed by atoms with Gasteiger partial charge in [-0.3, -0.25) is 4.79 Å². The second kappa shape index (κ2) is 4.43. The Balaban J connectivity index is 2.76. The van der Waals surface area contributed by atoms with E-state index in [0.717, 1.165) is 5.56 Å². The molecule has 1 atom stereocenters. The molecule has 0 aromatic heterocycles. The first-order valence-corrected chi connectivity index (χ1v) is 4.40. The van der Waals surface area contributed by atoms with Crippen molar-refractivity contribution in [1.29, 1.82) is 5.26 Å². The van der Waals surface area contributed by atoms with E-state index in [-0.39, 0.29) is 5.91 Å². The smallest absolute Gasteiger partial charge is 0.252 e. The van der Waals surface area contributed by atoms with Crippen LogP contribution in [0.25, 0.3) is 0 Å². The van der Waals surface area contributed by atoms with Crippen molar-refractivity contribution < 1.29 is 4.79 Å². The van der Waals surface area contributed by atoms with E-state index in [1.54, 1.807) is 19.1 Å². The molecular formula is C11H12N2O. The molecule has 0 aliphatic rings. The van der Waals surface area contributed by atoms with Gasteiger partial charge in [0.1, 0.15) is 6.04 Å². The molecule has 0 heterocycles. The largest absolute Gasteiger partial charge is 0.337 e. The fourth-order valence-corrected chi connectivity index (χ4v) is 1.10. The lowest BCUT2D eigenvalue weighted by molar-refractivity contribution is 0.0947. The number of amides is 1. The lowest BCUT2D eigenvalue weighted by atomic mass is 10.1. The quantitative estimate of drug-likeness (QED) is 0.767. The Morgan fingerprint density at radius 1 is 1.57 bits per heavy atom. The molecule has 0 spiro atoms. The summed E-state index contributed by atoms with van der Waals surface area (Å²) < 4.78 is 0. The van der Waals surface area contributed by atoms with Gasteiger partial charge in [0.2, 0.25) is 0 Å². The van der Waals surface area contributed by atoms with Crippen molar-refractivity contribution in [2.45, 2.75) is 19.9 Å². The van der Waals surface area contributed by atoms with Crippen molar-refractivity contribution in [3.63, 3.8) is 0 Å². The van der Waals surface area contributed by atoms with E-state index in [4.69, 9.17) is 5.26 Å². The fraction of sp³-hybridized carbons (Fsp3) is 0.273. The molecule has 1 amide bonds. The number of hydrogen-bond acceptors (Lipinski definition) is 2.